The van der Waals surface area contributed by atoms with Gasteiger partial charge in [-0.1, -0.05) is 24.6 Å². The van der Waals surface area contributed by atoms with Gasteiger partial charge in [0, 0.05) is 17.4 Å². The molecule has 1 rings (SSSR count). The third-order valence-electron chi connectivity index (χ3n) is 2.74. The van der Waals surface area contributed by atoms with Crippen LogP contribution in [0.25, 0.3) is 0 Å². The Labute approximate surface area is 102 Å². The fraction of sp³-hybridized carbons (Fsp3) is 0.462. The lowest BCUT2D eigenvalue weighted by Crippen LogP contribution is -2.38. The largest absolute Gasteiger partial charge is 0.360 e. The number of hydrogen-bond donors (Lipinski definition) is 0. The maximum absolute atomic E-state index is 11.3. The quantitative estimate of drug-likeness (QED) is 0.736. The van der Waals surface area contributed by atoms with Gasteiger partial charge in [-0.05, 0) is 32.4 Å². The van der Waals surface area contributed by atoms with E-state index in [1.165, 1.54) is 0 Å². The zero-order valence-electron chi connectivity index (χ0n) is 10.5. The Morgan fingerprint density at radius 1 is 1.35 bits per heavy atom. The van der Waals surface area contributed by atoms with Crippen LogP contribution in [0, 0.1) is 11.8 Å². The molecule has 0 aromatic heterocycles. The maximum Gasteiger partial charge on any atom is 0.308 e. The van der Waals surface area contributed by atoms with Crippen LogP contribution in [-0.4, -0.2) is 18.5 Å². The molecule has 0 aliphatic rings. The molecule has 1 amide bonds. The van der Waals surface area contributed by atoms with Crippen molar-refractivity contribution in [2.45, 2.75) is 33.2 Å². The first-order chi connectivity index (χ1) is 8.10. The topological polar surface area (TPSA) is 49.7 Å². The number of nitroso groups, excluding NO2 is 1. The highest BCUT2D eigenvalue weighted by molar-refractivity contribution is 5.85. The van der Waals surface area contributed by atoms with E-state index in [0.29, 0.717) is 0 Å². The summed E-state index contributed by atoms with van der Waals surface area (Å²) >= 11 is 0. The van der Waals surface area contributed by atoms with Gasteiger partial charge in [0.05, 0.1) is 0 Å². The molecule has 4 nitrogen and oxygen atoms in total. The highest BCUT2D eigenvalue weighted by Gasteiger charge is 2.21. The average Bonchev–Trinajstić information content (AvgIpc) is 2.35. The molecule has 0 bridgehead atoms. The summed E-state index contributed by atoms with van der Waals surface area (Å²) in [5.74, 6) is -0.626. The van der Waals surface area contributed by atoms with Crippen LogP contribution < -0.4 is 4.90 Å². The molecule has 17 heavy (non-hydrogen) atoms. The van der Waals surface area contributed by atoms with Gasteiger partial charge in [-0.25, -0.2) is 0 Å². The molecule has 0 saturated heterocycles. The third-order valence-corrected chi connectivity index (χ3v) is 2.74. The van der Waals surface area contributed by atoms with Crippen molar-refractivity contribution in [3.05, 3.63) is 34.7 Å². The zero-order chi connectivity index (χ0) is 12.8. The first kappa shape index (κ1) is 13.4. The first-order valence-electron chi connectivity index (χ1n) is 5.80. The van der Waals surface area contributed by atoms with Gasteiger partial charge in [-0.3, -0.25) is 4.79 Å². The predicted molar refractivity (Wildman–Crippen MR) is 69.1 cm³/mol. The zero-order valence-corrected chi connectivity index (χ0v) is 10.5. The van der Waals surface area contributed by atoms with Gasteiger partial charge in [-0.15, -0.1) is 4.91 Å². The van der Waals surface area contributed by atoms with Crippen LogP contribution in [0.15, 0.2) is 29.4 Å². The second kappa shape index (κ2) is 6.13. The normalized spacial score (nSPS) is 11.9. The number of carbonyl (C=O) groups excluding carboxylic acids is 1. The van der Waals surface area contributed by atoms with Gasteiger partial charge in [0.15, 0.2) is 0 Å². The summed E-state index contributed by atoms with van der Waals surface area (Å²) in [5, 5.41) is 2.50. The lowest BCUT2D eigenvalue weighted by Gasteiger charge is -2.28. The Bertz CT molecular complexity index is 387. The molecule has 0 N–H and O–H groups in total. The SMILES string of the molecule is CCCN(c1ccc(C)cc1)C(C)C(=O)N=O. The molecule has 0 aliphatic heterocycles. The standard InChI is InChI=1S/C13H18N2O2/c1-4-9-15(11(3)13(16)14-17)12-7-5-10(2)6-8-12/h5-8,11H,4,9H2,1-3H3. The molecule has 0 fully saturated rings. The van der Waals surface area contributed by atoms with Gasteiger partial charge < -0.3 is 4.90 Å². The molecule has 1 unspecified atom stereocenters. The number of aryl methyl sites for hydroxylation is 1. The van der Waals surface area contributed by atoms with E-state index in [2.05, 4.69) is 5.18 Å². The van der Waals surface area contributed by atoms with E-state index in [0.717, 1.165) is 24.2 Å². The van der Waals surface area contributed by atoms with Crippen molar-refractivity contribution in [1.82, 2.24) is 0 Å². The van der Waals surface area contributed by atoms with Crippen molar-refractivity contribution >= 4 is 11.6 Å². The molecule has 0 aliphatic carbocycles. The van der Waals surface area contributed by atoms with Crippen LogP contribution in [-0.2, 0) is 4.79 Å². The highest BCUT2D eigenvalue weighted by atomic mass is 16.3. The summed E-state index contributed by atoms with van der Waals surface area (Å²) in [6.45, 7) is 6.48. The van der Waals surface area contributed by atoms with Gasteiger partial charge in [-0.2, -0.15) is 0 Å². The van der Waals surface area contributed by atoms with Gasteiger partial charge >= 0.3 is 5.91 Å². The summed E-state index contributed by atoms with van der Waals surface area (Å²) in [6, 6.07) is 7.39. The van der Waals surface area contributed by atoms with E-state index < -0.39 is 11.9 Å². The van der Waals surface area contributed by atoms with Crippen molar-refractivity contribution in [3.8, 4) is 0 Å². The van der Waals surface area contributed by atoms with E-state index in [9.17, 15) is 9.70 Å². The Kier molecular flexibility index (Phi) is 4.82. The number of nitrogens with zero attached hydrogens (tertiary/aromatic N) is 2. The number of benzene rings is 1. The van der Waals surface area contributed by atoms with Gasteiger partial charge in [0.25, 0.3) is 0 Å². The number of rotatable bonds is 5. The molecule has 1 atom stereocenters. The maximum atomic E-state index is 11.3. The first-order valence-corrected chi connectivity index (χ1v) is 5.80. The lowest BCUT2D eigenvalue weighted by molar-refractivity contribution is -0.118. The van der Waals surface area contributed by atoms with Crippen molar-refractivity contribution in [2.75, 3.05) is 11.4 Å². The fourth-order valence-corrected chi connectivity index (χ4v) is 1.73. The Morgan fingerprint density at radius 3 is 2.41 bits per heavy atom. The minimum Gasteiger partial charge on any atom is -0.360 e. The van der Waals surface area contributed by atoms with E-state index in [1.807, 2.05) is 43.0 Å². The lowest BCUT2D eigenvalue weighted by atomic mass is 10.1. The molecule has 0 saturated carbocycles. The minimum atomic E-state index is -0.626. The molecular weight excluding hydrogens is 216 g/mol. The van der Waals surface area contributed by atoms with E-state index in [1.54, 1.807) is 6.92 Å². The summed E-state index contributed by atoms with van der Waals surface area (Å²) < 4.78 is 0. The third kappa shape index (κ3) is 3.37. The van der Waals surface area contributed by atoms with E-state index >= 15 is 0 Å². The Morgan fingerprint density at radius 2 is 1.94 bits per heavy atom. The highest BCUT2D eigenvalue weighted by Crippen LogP contribution is 2.18. The molecule has 1 aromatic carbocycles. The molecule has 0 heterocycles. The van der Waals surface area contributed by atoms with E-state index in [-0.39, 0.29) is 0 Å². The number of anilines is 1. The Hall–Kier alpha value is -1.71. The van der Waals surface area contributed by atoms with Crippen LogP contribution in [0.1, 0.15) is 25.8 Å². The second-order valence-corrected chi connectivity index (χ2v) is 4.13. The Balaban J connectivity index is 2.95. The minimum absolute atomic E-state index is 0.504. The molecule has 1 aromatic rings. The van der Waals surface area contributed by atoms with Crippen molar-refractivity contribution < 1.29 is 4.79 Å². The number of amides is 1. The van der Waals surface area contributed by atoms with Crippen LogP contribution in [0.5, 0.6) is 0 Å². The van der Waals surface area contributed by atoms with Crippen LogP contribution in [0.4, 0.5) is 5.69 Å². The van der Waals surface area contributed by atoms with Gasteiger partial charge in [0.1, 0.15) is 6.04 Å². The van der Waals surface area contributed by atoms with Crippen molar-refractivity contribution in [2.24, 2.45) is 5.18 Å². The average molecular weight is 234 g/mol. The summed E-state index contributed by atoms with van der Waals surface area (Å²) in [7, 11) is 0. The predicted octanol–water partition coefficient (Wildman–Crippen LogP) is 2.89. The van der Waals surface area contributed by atoms with Crippen LogP contribution in [0.2, 0.25) is 0 Å². The second-order valence-electron chi connectivity index (χ2n) is 4.13. The molecule has 0 spiro atoms. The van der Waals surface area contributed by atoms with Crippen LogP contribution >= 0.6 is 0 Å². The van der Waals surface area contributed by atoms with Gasteiger partial charge in [0.2, 0.25) is 0 Å². The number of carbonyl (C=O) groups is 1. The van der Waals surface area contributed by atoms with E-state index in [4.69, 9.17) is 0 Å². The summed E-state index contributed by atoms with van der Waals surface area (Å²) in [4.78, 5) is 23.6. The smallest absolute Gasteiger partial charge is 0.308 e. The molecular formula is C13H18N2O2. The fourth-order valence-electron chi connectivity index (χ4n) is 1.73. The monoisotopic (exact) mass is 234 g/mol. The van der Waals surface area contributed by atoms with Crippen molar-refractivity contribution in [1.29, 1.82) is 0 Å². The molecule has 4 heteroatoms. The number of hydrogen-bond acceptors (Lipinski definition) is 3. The summed E-state index contributed by atoms with van der Waals surface area (Å²) in [5.41, 5.74) is 2.11. The molecule has 92 valence electrons. The van der Waals surface area contributed by atoms with Crippen LogP contribution in [0.3, 0.4) is 0 Å². The summed E-state index contributed by atoms with van der Waals surface area (Å²) in [6.07, 6.45) is 0.907. The van der Waals surface area contributed by atoms with Crippen molar-refractivity contribution in [3.63, 3.8) is 0 Å². The molecule has 0 radical (unpaired) electrons.